The summed E-state index contributed by atoms with van der Waals surface area (Å²) in [5.41, 5.74) is 0.493. The number of alkyl halides is 3. The number of rotatable bonds is 5. The first kappa shape index (κ1) is 17.5. The van der Waals surface area contributed by atoms with E-state index in [0.717, 1.165) is 12.1 Å². The molecule has 0 bridgehead atoms. The second-order valence-corrected chi connectivity index (χ2v) is 4.84. The van der Waals surface area contributed by atoms with Crippen molar-refractivity contribution in [1.29, 1.82) is 5.26 Å². The molecule has 24 heavy (non-hydrogen) atoms. The Morgan fingerprint density at radius 2 is 1.58 bits per heavy atom. The summed E-state index contributed by atoms with van der Waals surface area (Å²) in [4.78, 5) is 8.21. The normalized spacial score (nSPS) is 11.0. The lowest BCUT2D eigenvalue weighted by Crippen LogP contribution is -2.06. The van der Waals surface area contributed by atoms with Crippen LogP contribution in [0.3, 0.4) is 0 Å². The standard InChI is InChI=1S/C16H14F3N3O2/c1-23-14-15(24-2)22-13(9-20)12(21-14)8-5-10-3-6-11(7-4-10)16(17,18)19/h3-4,6-7H,5,8H2,1-2H3. The van der Waals surface area contributed by atoms with E-state index in [0.29, 0.717) is 24.1 Å². The van der Waals surface area contributed by atoms with Gasteiger partial charge in [0.1, 0.15) is 6.07 Å². The number of nitriles is 1. The van der Waals surface area contributed by atoms with E-state index < -0.39 is 11.7 Å². The second-order valence-electron chi connectivity index (χ2n) is 4.84. The SMILES string of the molecule is COc1nc(C#N)c(CCc2ccc(C(F)(F)F)cc2)nc1OC. The summed E-state index contributed by atoms with van der Waals surface area (Å²) in [5.74, 6) is 0.256. The van der Waals surface area contributed by atoms with E-state index in [1.54, 1.807) is 0 Å². The van der Waals surface area contributed by atoms with Crippen LogP contribution in [0.25, 0.3) is 0 Å². The molecule has 126 valence electrons. The molecule has 0 aliphatic rings. The number of halogens is 3. The fourth-order valence-electron chi connectivity index (χ4n) is 2.09. The first-order chi connectivity index (χ1) is 11.4. The molecule has 0 unspecified atom stereocenters. The van der Waals surface area contributed by atoms with Gasteiger partial charge in [-0.05, 0) is 30.5 Å². The molecule has 0 amide bonds. The van der Waals surface area contributed by atoms with Crippen LogP contribution in [-0.2, 0) is 19.0 Å². The van der Waals surface area contributed by atoms with Crippen molar-refractivity contribution in [2.24, 2.45) is 0 Å². The topological polar surface area (TPSA) is 68.0 Å². The number of aryl methyl sites for hydroxylation is 2. The molecule has 0 fully saturated rings. The number of methoxy groups -OCH3 is 2. The van der Waals surface area contributed by atoms with Crippen molar-refractivity contribution in [3.63, 3.8) is 0 Å². The van der Waals surface area contributed by atoms with Crippen molar-refractivity contribution in [1.82, 2.24) is 9.97 Å². The van der Waals surface area contributed by atoms with Gasteiger partial charge in [-0.3, -0.25) is 0 Å². The molecule has 0 saturated heterocycles. The minimum absolute atomic E-state index is 0.0968. The van der Waals surface area contributed by atoms with Gasteiger partial charge in [0.15, 0.2) is 5.69 Å². The van der Waals surface area contributed by atoms with Gasteiger partial charge in [0, 0.05) is 0 Å². The average Bonchev–Trinajstić information content (AvgIpc) is 2.58. The fourth-order valence-corrected chi connectivity index (χ4v) is 2.09. The van der Waals surface area contributed by atoms with Gasteiger partial charge in [0.25, 0.3) is 11.8 Å². The van der Waals surface area contributed by atoms with Crippen LogP contribution < -0.4 is 9.47 Å². The molecular formula is C16H14F3N3O2. The molecule has 2 rings (SSSR count). The molecule has 2 aromatic rings. The first-order valence-corrected chi connectivity index (χ1v) is 6.94. The van der Waals surface area contributed by atoms with Gasteiger partial charge in [-0.15, -0.1) is 0 Å². The quantitative estimate of drug-likeness (QED) is 0.838. The number of hydrogen-bond donors (Lipinski definition) is 0. The zero-order valence-corrected chi connectivity index (χ0v) is 13.0. The van der Waals surface area contributed by atoms with Crippen LogP contribution >= 0.6 is 0 Å². The number of aromatic nitrogens is 2. The highest BCUT2D eigenvalue weighted by Crippen LogP contribution is 2.29. The Kier molecular flexibility index (Phi) is 5.24. The van der Waals surface area contributed by atoms with E-state index in [2.05, 4.69) is 9.97 Å². The largest absolute Gasteiger partial charge is 0.477 e. The van der Waals surface area contributed by atoms with E-state index in [-0.39, 0.29) is 17.5 Å². The van der Waals surface area contributed by atoms with E-state index in [1.807, 2.05) is 6.07 Å². The molecule has 5 nitrogen and oxygen atoms in total. The zero-order valence-electron chi connectivity index (χ0n) is 13.0. The molecule has 8 heteroatoms. The molecule has 0 spiro atoms. The molecule has 0 aliphatic carbocycles. The Bertz CT molecular complexity index is 753. The van der Waals surface area contributed by atoms with E-state index in [9.17, 15) is 13.2 Å². The smallest absolute Gasteiger partial charge is 0.416 e. The average molecular weight is 337 g/mol. The molecular weight excluding hydrogens is 323 g/mol. The first-order valence-electron chi connectivity index (χ1n) is 6.94. The molecule has 0 N–H and O–H groups in total. The summed E-state index contributed by atoms with van der Waals surface area (Å²) in [5, 5.41) is 9.15. The predicted octanol–water partition coefficient (Wildman–Crippen LogP) is 3.17. The lowest BCUT2D eigenvalue weighted by atomic mass is 10.0. The maximum Gasteiger partial charge on any atom is 0.416 e. The summed E-state index contributed by atoms with van der Waals surface area (Å²) in [6.45, 7) is 0. The highest BCUT2D eigenvalue weighted by atomic mass is 19.4. The Balaban J connectivity index is 2.18. The summed E-state index contributed by atoms with van der Waals surface area (Å²) >= 11 is 0. The van der Waals surface area contributed by atoms with Crippen molar-refractivity contribution in [2.45, 2.75) is 19.0 Å². The van der Waals surface area contributed by atoms with Crippen LogP contribution in [-0.4, -0.2) is 24.2 Å². The molecule has 1 aromatic carbocycles. The summed E-state index contributed by atoms with van der Waals surface area (Å²) < 4.78 is 47.7. The monoisotopic (exact) mass is 337 g/mol. The fraction of sp³-hybridized carbons (Fsp3) is 0.312. The van der Waals surface area contributed by atoms with E-state index in [4.69, 9.17) is 14.7 Å². The van der Waals surface area contributed by atoms with Crippen molar-refractivity contribution in [3.8, 4) is 17.8 Å². The van der Waals surface area contributed by atoms with E-state index >= 15 is 0 Å². The molecule has 1 aromatic heterocycles. The number of ether oxygens (including phenoxy) is 2. The third kappa shape index (κ3) is 3.93. The highest BCUT2D eigenvalue weighted by molar-refractivity contribution is 5.36. The number of benzene rings is 1. The second kappa shape index (κ2) is 7.17. The third-order valence-corrected chi connectivity index (χ3v) is 3.33. The summed E-state index contributed by atoms with van der Waals surface area (Å²) in [7, 11) is 2.79. The van der Waals surface area contributed by atoms with Gasteiger partial charge in [-0.1, -0.05) is 12.1 Å². The minimum Gasteiger partial charge on any atom is -0.477 e. The maximum absolute atomic E-state index is 12.5. The van der Waals surface area contributed by atoms with Gasteiger partial charge >= 0.3 is 6.18 Å². The van der Waals surface area contributed by atoms with Crippen LogP contribution in [0.4, 0.5) is 13.2 Å². The Labute approximate surface area is 136 Å². The Hall–Kier alpha value is -2.82. The Morgan fingerprint density at radius 1 is 1.00 bits per heavy atom. The van der Waals surface area contributed by atoms with E-state index in [1.165, 1.54) is 26.4 Å². The maximum atomic E-state index is 12.5. The van der Waals surface area contributed by atoms with Crippen molar-refractivity contribution in [2.75, 3.05) is 14.2 Å². The van der Waals surface area contributed by atoms with Gasteiger partial charge in [-0.25, -0.2) is 4.98 Å². The molecule has 0 atom stereocenters. The third-order valence-electron chi connectivity index (χ3n) is 3.33. The van der Waals surface area contributed by atoms with Crippen LogP contribution in [0, 0.1) is 11.3 Å². The van der Waals surface area contributed by atoms with Crippen molar-refractivity contribution < 1.29 is 22.6 Å². The highest BCUT2D eigenvalue weighted by Gasteiger charge is 2.29. The lowest BCUT2D eigenvalue weighted by Gasteiger charge is -2.10. The zero-order chi connectivity index (χ0) is 17.7. The minimum atomic E-state index is -4.36. The molecule has 0 aliphatic heterocycles. The molecule has 0 saturated carbocycles. The van der Waals surface area contributed by atoms with Gasteiger partial charge in [0.2, 0.25) is 0 Å². The van der Waals surface area contributed by atoms with Gasteiger partial charge in [0.05, 0.1) is 25.5 Å². The predicted molar refractivity (Wildman–Crippen MR) is 78.7 cm³/mol. The van der Waals surface area contributed by atoms with Gasteiger partial charge in [-0.2, -0.15) is 23.4 Å². The van der Waals surface area contributed by atoms with Crippen molar-refractivity contribution >= 4 is 0 Å². The molecule has 1 heterocycles. The summed E-state index contributed by atoms with van der Waals surface area (Å²) in [6.07, 6.45) is -3.61. The van der Waals surface area contributed by atoms with Gasteiger partial charge < -0.3 is 9.47 Å². The van der Waals surface area contributed by atoms with Crippen LogP contribution in [0.2, 0.25) is 0 Å². The Morgan fingerprint density at radius 3 is 2.08 bits per heavy atom. The number of hydrogen-bond acceptors (Lipinski definition) is 5. The van der Waals surface area contributed by atoms with Crippen molar-refractivity contribution in [3.05, 3.63) is 46.8 Å². The van der Waals surface area contributed by atoms with Crippen LogP contribution in [0.5, 0.6) is 11.8 Å². The lowest BCUT2D eigenvalue weighted by molar-refractivity contribution is -0.137. The summed E-state index contributed by atoms with van der Waals surface area (Å²) in [6, 6.07) is 6.80. The van der Waals surface area contributed by atoms with Crippen LogP contribution in [0.1, 0.15) is 22.5 Å². The van der Waals surface area contributed by atoms with Crippen LogP contribution in [0.15, 0.2) is 24.3 Å². The number of nitrogens with zero attached hydrogens (tertiary/aromatic N) is 3. The molecule has 0 radical (unpaired) electrons.